The monoisotopic (exact) mass is 409 g/mol. The van der Waals surface area contributed by atoms with Crippen molar-refractivity contribution in [1.29, 1.82) is 5.26 Å². The number of anilines is 1. The Morgan fingerprint density at radius 1 is 1.29 bits per heavy atom. The normalized spacial score (nSPS) is 11.7. The zero-order valence-electron chi connectivity index (χ0n) is 16.3. The molecular formula is C19H24ClN3O5. The van der Waals surface area contributed by atoms with E-state index in [9.17, 15) is 14.4 Å². The number of carbonyl (C=O) groups is 3. The second-order valence-electron chi connectivity index (χ2n) is 6.96. The van der Waals surface area contributed by atoms with E-state index < -0.39 is 29.7 Å². The van der Waals surface area contributed by atoms with Crippen molar-refractivity contribution in [2.24, 2.45) is 0 Å². The molecule has 2 amide bonds. The topological polar surface area (TPSA) is 118 Å². The molecule has 0 heterocycles. The number of nitriles is 1. The molecule has 0 spiro atoms. The van der Waals surface area contributed by atoms with Crippen LogP contribution in [0.2, 0.25) is 5.02 Å². The number of ether oxygens (including phenoxy) is 2. The third kappa shape index (κ3) is 8.73. The number of esters is 1. The van der Waals surface area contributed by atoms with Crippen LogP contribution in [0.4, 0.5) is 10.5 Å². The van der Waals surface area contributed by atoms with E-state index in [0.29, 0.717) is 17.7 Å². The summed E-state index contributed by atoms with van der Waals surface area (Å²) < 4.78 is 10.1. The highest BCUT2D eigenvalue weighted by Gasteiger charge is 2.19. The minimum Gasteiger partial charge on any atom is -0.453 e. The lowest BCUT2D eigenvalue weighted by Gasteiger charge is -2.19. The molecule has 1 atom stereocenters. The summed E-state index contributed by atoms with van der Waals surface area (Å²) in [5, 5.41) is 14.1. The molecule has 0 aliphatic heterocycles. The van der Waals surface area contributed by atoms with E-state index in [1.54, 1.807) is 20.8 Å². The van der Waals surface area contributed by atoms with Crippen molar-refractivity contribution in [3.63, 3.8) is 0 Å². The molecule has 9 heteroatoms. The zero-order valence-corrected chi connectivity index (χ0v) is 17.1. The Labute approximate surface area is 169 Å². The summed E-state index contributed by atoms with van der Waals surface area (Å²) in [5.74, 6) is -1.09. The number of halogens is 1. The van der Waals surface area contributed by atoms with Gasteiger partial charge in [0.1, 0.15) is 11.7 Å². The van der Waals surface area contributed by atoms with E-state index in [2.05, 4.69) is 10.6 Å². The Morgan fingerprint density at radius 2 is 1.96 bits per heavy atom. The maximum atomic E-state index is 12.1. The van der Waals surface area contributed by atoms with Crippen LogP contribution in [0.15, 0.2) is 18.2 Å². The third-order valence-electron chi connectivity index (χ3n) is 3.26. The second kappa shape index (κ2) is 10.5. The number of nitrogens with zero attached hydrogens (tertiary/aromatic N) is 1. The molecule has 0 radical (unpaired) electrons. The summed E-state index contributed by atoms with van der Waals surface area (Å²) in [6.07, 6.45) is -1.19. The number of rotatable bonds is 7. The van der Waals surface area contributed by atoms with Crippen LogP contribution in [0.5, 0.6) is 0 Å². The maximum absolute atomic E-state index is 12.1. The molecule has 0 unspecified atom stereocenters. The number of alkyl carbamates (subject to hydrolysis) is 1. The van der Waals surface area contributed by atoms with E-state index in [1.165, 1.54) is 25.1 Å². The van der Waals surface area contributed by atoms with Gasteiger partial charge >= 0.3 is 12.1 Å². The Bertz CT molecular complexity index is 768. The van der Waals surface area contributed by atoms with Crippen LogP contribution < -0.4 is 10.6 Å². The van der Waals surface area contributed by atoms with Crippen LogP contribution in [0.25, 0.3) is 0 Å². The number of nitrogens with one attached hydrogen (secondary N) is 2. The molecule has 1 aromatic carbocycles. The summed E-state index contributed by atoms with van der Waals surface area (Å²) in [5.41, 5.74) is 0.0860. The van der Waals surface area contributed by atoms with Gasteiger partial charge in [-0.05, 0) is 52.3 Å². The predicted octanol–water partition coefficient (Wildman–Crippen LogP) is 3.39. The fourth-order valence-electron chi connectivity index (χ4n) is 1.97. The molecular weight excluding hydrogens is 386 g/mol. The first-order valence-electron chi connectivity index (χ1n) is 8.68. The summed E-state index contributed by atoms with van der Waals surface area (Å²) >= 11 is 5.91. The Balaban J connectivity index is 2.35. The third-order valence-corrected chi connectivity index (χ3v) is 3.57. The van der Waals surface area contributed by atoms with Crippen molar-refractivity contribution in [2.45, 2.75) is 52.2 Å². The smallest absolute Gasteiger partial charge is 0.407 e. The van der Waals surface area contributed by atoms with Crippen molar-refractivity contribution in [3.8, 4) is 6.07 Å². The number of amides is 2. The van der Waals surface area contributed by atoms with E-state index in [-0.39, 0.29) is 18.0 Å². The average Bonchev–Trinajstić information content (AvgIpc) is 2.57. The van der Waals surface area contributed by atoms with Gasteiger partial charge in [0.25, 0.3) is 5.91 Å². The van der Waals surface area contributed by atoms with Gasteiger partial charge in [0.2, 0.25) is 0 Å². The van der Waals surface area contributed by atoms with Gasteiger partial charge in [-0.1, -0.05) is 11.6 Å². The van der Waals surface area contributed by atoms with Crippen LogP contribution in [-0.4, -0.2) is 36.2 Å². The zero-order chi connectivity index (χ0) is 21.3. The Kier molecular flexibility index (Phi) is 8.74. The van der Waals surface area contributed by atoms with Crippen LogP contribution in [0.3, 0.4) is 0 Å². The highest BCUT2D eigenvalue weighted by Crippen LogP contribution is 2.20. The van der Waals surface area contributed by atoms with Crippen molar-refractivity contribution < 1.29 is 23.9 Å². The molecule has 28 heavy (non-hydrogen) atoms. The highest BCUT2D eigenvalue weighted by molar-refractivity contribution is 6.32. The minimum absolute atomic E-state index is 0.0378. The molecule has 0 aliphatic rings. The second-order valence-corrected chi connectivity index (χ2v) is 7.37. The summed E-state index contributed by atoms with van der Waals surface area (Å²) in [7, 11) is 0. The van der Waals surface area contributed by atoms with Crippen LogP contribution in [0.1, 0.15) is 46.1 Å². The average molecular weight is 410 g/mol. The summed E-state index contributed by atoms with van der Waals surface area (Å²) in [6, 6.07) is 6.36. The summed E-state index contributed by atoms with van der Waals surface area (Å²) in [4.78, 5) is 35.4. The molecule has 1 aromatic rings. The molecule has 0 aliphatic carbocycles. The Hall–Kier alpha value is -2.79. The lowest BCUT2D eigenvalue weighted by molar-refractivity contribution is -0.153. The standard InChI is InChI=1S/C19H24ClN3O5/c1-12(17(25)23-14-8-7-13(11-21)15(20)10-14)27-16(24)6-5-9-22-18(26)28-19(2,3)4/h7-8,10,12H,5-6,9H2,1-4H3,(H,22,26)(H,23,25)/t12-/m0/s1. The van der Waals surface area contributed by atoms with Crippen LogP contribution >= 0.6 is 11.6 Å². The molecule has 0 aromatic heterocycles. The molecule has 0 saturated heterocycles. The van der Waals surface area contributed by atoms with Crippen molar-refractivity contribution in [3.05, 3.63) is 28.8 Å². The number of hydrogen-bond donors (Lipinski definition) is 2. The molecule has 0 bridgehead atoms. The largest absolute Gasteiger partial charge is 0.453 e. The molecule has 0 saturated carbocycles. The van der Waals surface area contributed by atoms with Gasteiger partial charge in [-0.25, -0.2) is 4.79 Å². The first-order valence-corrected chi connectivity index (χ1v) is 9.06. The number of carbonyl (C=O) groups excluding carboxylic acids is 3. The van der Waals surface area contributed by atoms with Gasteiger partial charge in [0.05, 0.1) is 10.6 Å². The van der Waals surface area contributed by atoms with E-state index in [1.807, 2.05) is 6.07 Å². The fraction of sp³-hybridized carbons (Fsp3) is 0.474. The molecule has 0 fully saturated rings. The lowest BCUT2D eigenvalue weighted by atomic mass is 10.2. The maximum Gasteiger partial charge on any atom is 0.407 e. The van der Waals surface area contributed by atoms with Crippen LogP contribution in [-0.2, 0) is 19.1 Å². The lowest BCUT2D eigenvalue weighted by Crippen LogP contribution is -2.33. The Morgan fingerprint density at radius 3 is 2.54 bits per heavy atom. The van der Waals surface area contributed by atoms with Crippen molar-refractivity contribution in [2.75, 3.05) is 11.9 Å². The van der Waals surface area contributed by atoms with Gasteiger partial charge in [0, 0.05) is 18.7 Å². The SMILES string of the molecule is C[C@H](OC(=O)CCCNC(=O)OC(C)(C)C)C(=O)Nc1ccc(C#N)c(Cl)c1. The van der Waals surface area contributed by atoms with E-state index >= 15 is 0 Å². The fourth-order valence-corrected chi connectivity index (χ4v) is 2.20. The van der Waals surface area contributed by atoms with Crippen molar-refractivity contribution >= 4 is 35.3 Å². The first-order chi connectivity index (χ1) is 13.0. The van der Waals surface area contributed by atoms with Gasteiger partial charge in [0.15, 0.2) is 6.10 Å². The molecule has 1 rings (SSSR count). The van der Waals surface area contributed by atoms with E-state index in [4.69, 9.17) is 26.3 Å². The molecule has 2 N–H and O–H groups in total. The van der Waals surface area contributed by atoms with Crippen LogP contribution in [0, 0.1) is 11.3 Å². The van der Waals surface area contributed by atoms with Gasteiger partial charge in [-0.15, -0.1) is 0 Å². The highest BCUT2D eigenvalue weighted by atomic mass is 35.5. The van der Waals surface area contributed by atoms with Crippen molar-refractivity contribution in [1.82, 2.24) is 5.32 Å². The first kappa shape index (κ1) is 23.2. The molecule has 8 nitrogen and oxygen atoms in total. The van der Waals surface area contributed by atoms with Gasteiger partial charge in [-0.3, -0.25) is 9.59 Å². The minimum atomic E-state index is -1.01. The quantitative estimate of drug-likeness (QED) is 0.526. The predicted molar refractivity (Wildman–Crippen MR) is 104 cm³/mol. The van der Waals surface area contributed by atoms with E-state index in [0.717, 1.165) is 0 Å². The number of benzene rings is 1. The molecule has 152 valence electrons. The summed E-state index contributed by atoms with van der Waals surface area (Å²) in [6.45, 7) is 6.94. The van der Waals surface area contributed by atoms with Gasteiger partial charge in [-0.2, -0.15) is 5.26 Å². The number of hydrogen-bond acceptors (Lipinski definition) is 6. The van der Waals surface area contributed by atoms with Gasteiger partial charge < -0.3 is 20.1 Å².